The Bertz CT molecular complexity index is 537. The van der Waals surface area contributed by atoms with Crippen LogP contribution in [0.1, 0.15) is 11.1 Å². The average Bonchev–Trinajstić information content (AvgIpc) is 2.42. The highest BCUT2D eigenvalue weighted by Gasteiger charge is 2.17. The van der Waals surface area contributed by atoms with Crippen LogP contribution in [0.3, 0.4) is 0 Å². The zero-order valence-electron chi connectivity index (χ0n) is 10.9. The molecule has 0 radical (unpaired) electrons. The number of carbonyl (C=O) groups excluding carboxylic acids is 2. The molecule has 4 N–H and O–H groups in total. The van der Waals surface area contributed by atoms with Gasteiger partial charge in [0.1, 0.15) is 5.82 Å². The number of carbonyl (C=O) groups is 2. The zero-order chi connectivity index (χ0) is 14.5. The van der Waals surface area contributed by atoms with Gasteiger partial charge in [-0.15, -0.1) is 11.8 Å². The molecule has 0 spiro atoms. The van der Waals surface area contributed by atoms with Gasteiger partial charge in [0.2, 0.25) is 11.8 Å². The first-order chi connectivity index (χ1) is 9.58. The molecule has 0 aliphatic carbocycles. The lowest BCUT2D eigenvalue weighted by atomic mass is 9.99. The van der Waals surface area contributed by atoms with Gasteiger partial charge in [0.25, 0.3) is 0 Å². The Hall–Kier alpha value is -1.60. The van der Waals surface area contributed by atoms with E-state index < -0.39 is 5.91 Å². The standard InChI is InChI=1S/C13H16FN3O2S/c14-13-9-3-4-16-5-8(9)1-2-10(13)17-12(19)7-20-6-11(15)18/h1-2,16H,3-7H2,(H2,15,18)(H,17,19). The van der Waals surface area contributed by atoms with Crippen molar-refractivity contribution in [1.82, 2.24) is 5.32 Å². The molecule has 1 aliphatic rings. The van der Waals surface area contributed by atoms with Gasteiger partial charge in [0.15, 0.2) is 0 Å². The number of anilines is 1. The van der Waals surface area contributed by atoms with E-state index in [1.807, 2.05) is 6.07 Å². The highest BCUT2D eigenvalue weighted by Crippen LogP contribution is 2.24. The van der Waals surface area contributed by atoms with E-state index in [-0.39, 0.29) is 28.9 Å². The Balaban J connectivity index is 1.99. The maximum atomic E-state index is 14.2. The van der Waals surface area contributed by atoms with Crippen LogP contribution in [0.2, 0.25) is 0 Å². The molecule has 2 amide bonds. The van der Waals surface area contributed by atoms with Gasteiger partial charge >= 0.3 is 0 Å². The van der Waals surface area contributed by atoms with Gasteiger partial charge in [0.05, 0.1) is 17.2 Å². The normalized spacial score (nSPS) is 13.7. The van der Waals surface area contributed by atoms with Crippen LogP contribution in [0, 0.1) is 5.82 Å². The molecule has 0 aromatic heterocycles. The van der Waals surface area contributed by atoms with Crippen molar-refractivity contribution in [3.05, 3.63) is 29.1 Å². The van der Waals surface area contributed by atoms with Crippen LogP contribution in [0.5, 0.6) is 0 Å². The van der Waals surface area contributed by atoms with Crippen molar-refractivity contribution < 1.29 is 14.0 Å². The third-order valence-electron chi connectivity index (χ3n) is 2.96. The third-order valence-corrected chi connectivity index (χ3v) is 3.91. The van der Waals surface area contributed by atoms with E-state index in [4.69, 9.17) is 5.73 Å². The van der Waals surface area contributed by atoms with E-state index in [1.54, 1.807) is 6.07 Å². The summed E-state index contributed by atoms with van der Waals surface area (Å²) in [6.07, 6.45) is 0.612. The van der Waals surface area contributed by atoms with E-state index in [1.165, 1.54) is 0 Å². The lowest BCUT2D eigenvalue weighted by molar-refractivity contribution is -0.115. The van der Waals surface area contributed by atoms with Crippen molar-refractivity contribution in [2.24, 2.45) is 5.73 Å². The molecule has 5 nitrogen and oxygen atoms in total. The summed E-state index contributed by atoms with van der Waals surface area (Å²) in [6, 6.07) is 3.38. The number of hydrogen-bond acceptors (Lipinski definition) is 4. The van der Waals surface area contributed by atoms with E-state index in [9.17, 15) is 14.0 Å². The molecule has 1 aliphatic heterocycles. The lowest BCUT2D eigenvalue weighted by Gasteiger charge is -2.19. The van der Waals surface area contributed by atoms with Crippen LogP contribution in [0.25, 0.3) is 0 Å². The van der Waals surface area contributed by atoms with Crippen LogP contribution < -0.4 is 16.4 Å². The molecule has 0 fully saturated rings. The predicted molar refractivity (Wildman–Crippen MR) is 77.0 cm³/mol. The molecule has 7 heteroatoms. The second kappa shape index (κ2) is 6.71. The summed E-state index contributed by atoms with van der Waals surface area (Å²) in [5.74, 6) is -1.04. The smallest absolute Gasteiger partial charge is 0.234 e. The highest BCUT2D eigenvalue weighted by atomic mass is 32.2. The molecule has 108 valence electrons. The van der Waals surface area contributed by atoms with Crippen LogP contribution >= 0.6 is 11.8 Å². The Morgan fingerprint density at radius 1 is 1.40 bits per heavy atom. The maximum absolute atomic E-state index is 14.2. The first kappa shape index (κ1) is 14.8. The minimum Gasteiger partial charge on any atom is -0.369 e. The fraction of sp³-hybridized carbons (Fsp3) is 0.385. The van der Waals surface area contributed by atoms with Crippen molar-refractivity contribution in [1.29, 1.82) is 0 Å². The van der Waals surface area contributed by atoms with Crippen LogP contribution in [-0.2, 0) is 22.6 Å². The van der Waals surface area contributed by atoms with Crippen LogP contribution in [-0.4, -0.2) is 29.9 Å². The molecule has 0 saturated heterocycles. The number of primary amides is 1. The molecule has 0 atom stereocenters. The topological polar surface area (TPSA) is 84.2 Å². The molecular weight excluding hydrogens is 281 g/mol. The number of amides is 2. The number of fused-ring (bicyclic) bond motifs is 1. The minimum atomic E-state index is -0.477. The number of rotatable bonds is 5. The number of benzene rings is 1. The summed E-state index contributed by atoms with van der Waals surface area (Å²) >= 11 is 1.10. The van der Waals surface area contributed by atoms with Crippen molar-refractivity contribution in [2.75, 3.05) is 23.4 Å². The predicted octanol–water partition coefficient (Wildman–Crippen LogP) is 0.628. The second-order valence-corrected chi connectivity index (χ2v) is 5.48. The number of nitrogens with two attached hydrogens (primary N) is 1. The van der Waals surface area contributed by atoms with E-state index in [0.717, 1.165) is 23.9 Å². The van der Waals surface area contributed by atoms with Gasteiger partial charge in [-0.25, -0.2) is 4.39 Å². The number of nitrogens with one attached hydrogen (secondary N) is 2. The summed E-state index contributed by atoms with van der Waals surface area (Å²) in [4.78, 5) is 22.2. The first-order valence-corrected chi connectivity index (χ1v) is 7.40. The fourth-order valence-corrected chi connectivity index (χ4v) is 2.62. The van der Waals surface area contributed by atoms with Gasteiger partial charge in [-0.3, -0.25) is 9.59 Å². The van der Waals surface area contributed by atoms with Crippen LogP contribution in [0.4, 0.5) is 10.1 Å². The first-order valence-electron chi connectivity index (χ1n) is 6.25. The molecule has 20 heavy (non-hydrogen) atoms. The number of halogens is 1. The van der Waals surface area contributed by atoms with Gasteiger partial charge in [0, 0.05) is 6.54 Å². The largest absolute Gasteiger partial charge is 0.369 e. The van der Waals surface area contributed by atoms with E-state index >= 15 is 0 Å². The molecule has 1 aromatic carbocycles. The number of hydrogen-bond donors (Lipinski definition) is 3. The highest BCUT2D eigenvalue weighted by molar-refractivity contribution is 8.00. The maximum Gasteiger partial charge on any atom is 0.234 e. The quantitative estimate of drug-likeness (QED) is 0.744. The second-order valence-electron chi connectivity index (χ2n) is 4.50. The lowest BCUT2D eigenvalue weighted by Crippen LogP contribution is -2.25. The Kier molecular flexibility index (Phi) is 4.97. The fourth-order valence-electron chi connectivity index (χ4n) is 2.06. The van der Waals surface area contributed by atoms with Gasteiger partial charge in [-0.1, -0.05) is 6.07 Å². The van der Waals surface area contributed by atoms with Gasteiger partial charge in [-0.05, 0) is 30.2 Å². The number of thioether (sulfide) groups is 1. The van der Waals surface area contributed by atoms with E-state index in [2.05, 4.69) is 10.6 Å². The summed E-state index contributed by atoms with van der Waals surface area (Å²) in [5, 5.41) is 5.69. The molecule has 0 unspecified atom stereocenters. The van der Waals surface area contributed by atoms with Crippen molar-refractivity contribution in [3.63, 3.8) is 0 Å². The van der Waals surface area contributed by atoms with Crippen molar-refractivity contribution in [2.45, 2.75) is 13.0 Å². The molecule has 1 aromatic rings. The summed E-state index contributed by atoms with van der Waals surface area (Å²) < 4.78 is 14.2. The summed E-state index contributed by atoms with van der Waals surface area (Å²) in [6.45, 7) is 1.38. The zero-order valence-corrected chi connectivity index (χ0v) is 11.7. The van der Waals surface area contributed by atoms with E-state index in [0.29, 0.717) is 18.5 Å². The molecule has 2 rings (SSSR count). The summed E-state index contributed by atoms with van der Waals surface area (Å²) in [7, 11) is 0. The Morgan fingerprint density at radius 2 is 2.20 bits per heavy atom. The monoisotopic (exact) mass is 297 g/mol. The Morgan fingerprint density at radius 3 is 2.95 bits per heavy atom. The van der Waals surface area contributed by atoms with Crippen molar-refractivity contribution in [3.8, 4) is 0 Å². The SMILES string of the molecule is NC(=O)CSCC(=O)Nc1ccc2c(c1F)CCNC2. The van der Waals surface area contributed by atoms with Crippen molar-refractivity contribution >= 4 is 29.3 Å². The third kappa shape index (κ3) is 3.71. The molecular formula is C13H16FN3O2S. The summed E-state index contributed by atoms with van der Waals surface area (Å²) in [5.41, 5.74) is 6.75. The Labute approximate surface area is 120 Å². The van der Waals surface area contributed by atoms with Gasteiger partial charge in [-0.2, -0.15) is 0 Å². The van der Waals surface area contributed by atoms with Gasteiger partial charge < -0.3 is 16.4 Å². The van der Waals surface area contributed by atoms with Crippen LogP contribution in [0.15, 0.2) is 12.1 Å². The molecule has 0 saturated carbocycles. The average molecular weight is 297 g/mol. The molecule has 1 heterocycles. The minimum absolute atomic E-state index is 0.0705. The molecule has 0 bridgehead atoms.